The van der Waals surface area contributed by atoms with Gasteiger partial charge in [0.15, 0.2) is 5.79 Å². The van der Waals surface area contributed by atoms with Gasteiger partial charge in [-0.05, 0) is 38.5 Å². The van der Waals surface area contributed by atoms with E-state index in [4.69, 9.17) is 14.6 Å². The SMILES string of the molecule is CC(C(=O)O)c1cccc(SC[C@H]2COC(C)(C)O2)c1. The number of benzene rings is 1. The van der Waals surface area contributed by atoms with Crippen LogP contribution in [-0.4, -0.2) is 35.3 Å². The van der Waals surface area contributed by atoms with Gasteiger partial charge in [-0.1, -0.05) is 12.1 Å². The minimum absolute atomic E-state index is 0.0792. The first kappa shape index (κ1) is 15.4. The lowest BCUT2D eigenvalue weighted by atomic mass is 10.0. The van der Waals surface area contributed by atoms with Crippen molar-refractivity contribution in [1.29, 1.82) is 0 Å². The van der Waals surface area contributed by atoms with Crippen LogP contribution in [0.15, 0.2) is 29.2 Å². The van der Waals surface area contributed by atoms with Gasteiger partial charge in [-0.15, -0.1) is 11.8 Å². The summed E-state index contributed by atoms with van der Waals surface area (Å²) in [6, 6.07) is 7.67. The molecule has 1 aromatic carbocycles. The number of aliphatic carboxylic acids is 1. The molecule has 4 nitrogen and oxygen atoms in total. The average molecular weight is 296 g/mol. The molecule has 0 bridgehead atoms. The highest BCUT2D eigenvalue weighted by Gasteiger charge is 2.32. The average Bonchev–Trinajstić information content (AvgIpc) is 2.75. The molecule has 0 aromatic heterocycles. The van der Waals surface area contributed by atoms with Gasteiger partial charge in [-0.3, -0.25) is 4.79 Å². The van der Waals surface area contributed by atoms with Crippen molar-refractivity contribution < 1.29 is 19.4 Å². The lowest BCUT2D eigenvalue weighted by molar-refractivity contribution is -0.138. The van der Waals surface area contributed by atoms with Gasteiger partial charge in [-0.2, -0.15) is 0 Å². The summed E-state index contributed by atoms with van der Waals surface area (Å²) in [7, 11) is 0. The van der Waals surface area contributed by atoms with Gasteiger partial charge in [0.25, 0.3) is 0 Å². The lowest BCUT2D eigenvalue weighted by Crippen LogP contribution is -2.22. The Bertz CT molecular complexity index is 487. The molecule has 1 unspecified atom stereocenters. The van der Waals surface area contributed by atoms with Gasteiger partial charge in [0.2, 0.25) is 0 Å². The minimum Gasteiger partial charge on any atom is -0.481 e. The molecule has 1 aliphatic rings. The third kappa shape index (κ3) is 3.98. The van der Waals surface area contributed by atoms with E-state index < -0.39 is 17.7 Å². The second kappa shape index (κ2) is 6.16. The van der Waals surface area contributed by atoms with Crippen LogP contribution in [0.3, 0.4) is 0 Å². The monoisotopic (exact) mass is 296 g/mol. The Morgan fingerprint density at radius 2 is 2.30 bits per heavy atom. The quantitative estimate of drug-likeness (QED) is 0.846. The number of carbonyl (C=O) groups is 1. The van der Waals surface area contributed by atoms with Gasteiger partial charge in [0, 0.05) is 10.6 Å². The Hall–Kier alpha value is -1.04. The molecule has 1 saturated heterocycles. The molecule has 1 fully saturated rings. The van der Waals surface area contributed by atoms with Crippen LogP contribution in [0.1, 0.15) is 32.3 Å². The van der Waals surface area contributed by atoms with E-state index in [-0.39, 0.29) is 6.10 Å². The zero-order valence-corrected chi connectivity index (χ0v) is 12.8. The summed E-state index contributed by atoms with van der Waals surface area (Å²) in [4.78, 5) is 12.1. The van der Waals surface area contributed by atoms with Crippen LogP contribution in [0.2, 0.25) is 0 Å². The Kier molecular flexibility index (Phi) is 4.73. The highest BCUT2D eigenvalue weighted by Crippen LogP contribution is 2.29. The molecular weight excluding hydrogens is 276 g/mol. The van der Waals surface area contributed by atoms with Gasteiger partial charge < -0.3 is 14.6 Å². The number of ether oxygens (including phenoxy) is 2. The predicted molar refractivity (Wildman–Crippen MR) is 78.1 cm³/mol. The molecule has 0 amide bonds. The van der Waals surface area contributed by atoms with Crippen LogP contribution in [0, 0.1) is 0 Å². The number of hydrogen-bond donors (Lipinski definition) is 1. The fraction of sp³-hybridized carbons (Fsp3) is 0.533. The van der Waals surface area contributed by atoms with Gasteiger partial charge >= 0.3 is 5.97 Å². The summed E-state index contributed by atoms with van der Waals surface area (Å²) in [6.45, 7) is 6.12. The summed E-state index contributed by atoms with van der Waals surface area (Å²) < 4.78 is 11.3. The van der Waals surface area contributed by atoms with Crippen LogP contribution in [-0.2, 0) is 14.3 Å². The molecule has 1 aliphatic heterocycles. The fourth-order valence-corrected chi connectivity index (χ4v) is 2.99. The Morgan fingerprint density at radius 3 is 2.90 bits per heavy atom. The lowest BCUT2D eigenvalue weighted by Gasteiger charge is -2.17. The van der Waals surface area contributed by atoms with E-state index >= 15 is 0 Å². The van der Waals surface area contributed by atoms with Crippen LogP contribution >= 0.6 is 11.8 Å². The molecular formula is C15H20O4S. The van der Waals surface area contributed by atoms with Crippen molar-refractivity contribution in [2.45, 2.75) is 43.5 Å². The second-order valence-electron chi connectivity index (χ2n) is 5.39. The van der Waals surface area contributed by atoms with Crippen LogP contribution in [0.25, 0.3) is 0 Å². The zero-order valence-electron chi connectivity index (χ0n) is 12.0. The molecule has 2 atom stereocenters. The Morgan fingerprint density at radius 1 is 1.55 bits per heavy atom. The third-order valence-electron chi connectivity index (χ3n) is 3.23. The van der Waals surface area contributed by atoms with Crippen molar-refractivity contribution in [2.24, 2.45) is 0 Å². The smallest absolute Gasteiger partial charge is 0.310 e. The number of carboxylic acid groups (broad SMARTS) is 1. The first-order valence-corrected chi connectivity index (χ1v) is 7.63. The van der Waals surface area contributed by atoms with Gasteiger partial charge in [0.05, 0.1) is 18.6 Å². The standard InChI is InChI=1S/C15H20O4S/c1-10(14(16)17)11-5-4-6-13(7-11)20-9-12-8-18-15(2,3)19-12/h4-7,10,12H,8-9H2,1-3H3,(H,16,17)/t10?,12-/m1/s1. The van der Waals surface area contributed by atoms with E-state index in [2.05, 4.69) is 0 Å². The maximum atomic E-state index is 11.0. The number of rotatable bonds is 5. The summed E-state index contributed by atoms with van der Waals surface area (Å²) in [5.74, 6) is -0.985. The fourth-order valence-electron chi connectivity index (χ4n) is 2.05. The van der Waals surface area contributed by atoms with Crippen LogP contribution in [0.4, 0.5) is 0 Å². The molecule has 5 heteroatoms. The van der Waals surface area contributed by atoms with Crippen molar-refractivity contribution in [3.63, 3.8) is 0 Å². The molecule has 20 heavy (non-hydrogen) atoms. The predicted octanol–water partition coefficient (Wildman–Crippen LogP) is 3.12. The highest BCUT2D eigenvalue weighted by molar-refractivity contribution is 7.99. The third-order valence-corrected chi connectivity index (χ3v) is 4.36. The number of carboxylic acids is 1. The normalized spacial score (nSPS) is 22.6. The van der Waals surface area contributed by atoms with Crippen molar-refractivity contribution >= 4 is 17.7 Å². The van der Waals surface area contributed by atoms with Crippen molar-refractivity contribution in [3.8, 4) is 0 Å². The maximum absolute atomic E-state index is 11.0. The molecule has 1 N–H and O–H groups in total. The van der Waals surface area contributed by atoms with Gasteiger partial charge in [-0.25, -0.2) is 0 Å². The van der Waals surface area contributed by atoms with Crippen LogP contribution < -0.4 is 0 Å². The van der Waals surface area contributed by atoms with E-state index in [1.807, 2.05) is 38.1 Å². The second-order valence-corrected chi connectivity index (χ2v) is 6.49. The summed E-state index contributed by atoms with van der Waals surface area (Å²) >= 11 is 1.66. The molecule has 0 radical (unpaired) electrons. The molecule has 0 spiro atoms. The van der Waals surface area contributed by atoms with Gasteiger partial charge in [0.1, 0.15) is 0 Å². The highest BCUT2D eigenvalue weighted by atomic mass is 32.2. The largest absolute Gasteiger partial charge is 0.481 e. The van der Waals surface area contributed by atoms with E-state index in [0.29, 0.717) is 6.61 Å². The van der Waals surface area contributed by atoms with Crippen molar-refractivity contribution in [3.05, 3.63) is 29.8 Å². The van der Waals surface area contributed by atoms with Crippen molar-refractivity contribution in [1.82, 2.24) is 0 Å². The molecule has 110 valence electrons. The molecule has 2 rings (SSSR count). The first-order valence-electron chi connectivity index (χ1n) is 6.65. The number of thioether (sulfide) groups is 1. The van der Waals surface area contributed by atoms with E-state index in [1.165, 1.54) is 0 Å². The van der Waals surface area contributed by atoms with E-state index in [1.54, 1.807) is 18.7 Å². The maximum Gasteiger partial charge on any atom is 0.310 e. The molecule has 1 heterocycles. The summed E-state index contributed by atoms with van der Waals surface area (Å²) in [5, 5.41) is 9.04. The molecule has 0 aliphatic carbocycles. The summed E-state index contributed by atoms with van der Waals surface area (Å²) in [5.41, 5.74) is 0.825. The molecule has 1 aromatic rings. The summed E-state index contributed by atoms with van der Waals surface area (Å²) in [6.07, 6.45) is 0.0792. The van der Waals surface area contributed by atoms with E-state index in [0.717, 1.165) is 16.2 Å². The minimum atomic E-state index is -0.804. The first-order chi connectivity index (χ1) is 9.37. The zero-order chi connectivity index (χ0) is 14.8. The topological polar surface area (TPSA) is 55.8 Å². The van der Waals surface area contributed by atoms with Crippen LogP contribution in [0.5, 0.6) is 0 Å². The van der Waals surface area contributed by atoms with Crippen molar-refractivity contribution in [2.75, 3.05) is 12.4 Å². The Labute approximate surface area is 123 Å². The van der Waals surface area contributed by atoms with E-state index in [9.17, 15) is 4.79 Å². The number of hydrogen-bond acceptors (Lipinski definition) is 4. The molecule has 0 saturated carbocycles. The Balaban J connectivity index is 1.94.